The normalized spacial score (nSPS) is 16.1. The molecule has 5 nitrogen and oxygen atoms in total. The molecular weight excluding hydrogens is 504 g/mol. The number of hydrogen-bond donors (Lipinski definition) is 0. The molecule has 1 atom stereocenters. The van der Waals surface area contributed by atoms with Crippen molar-refractivity contribution < 1.29 is 13.2 Å². The van der Waals surface area contributed by atoms with Crippen molar-refractivity contribution >= 4 is 9.84 Å². The Balaban J connectivity index is 1.82. The Morgan fingerprint density at radius 2 is 1.69 bits per heavy atom. The first kappa shape index (κ1) is 28.5. The van der Waals surface area contributed by atoms with Gasteiger partial charge in [-0.15, -0.1) is 0 Å². The highest BCUT2D eigenvalue weighted by atomic mass is 32.2. The molecule has 0 aliphatic carbocycles. The number of ether oxygens (including phenoxy) is 1. The van der Waals surface area contributed by atoms with Crippen molar-refractivity contribution in [2.45, 2.75) is 65.0 Å². The second kappa shape index (κ2) is 12.1. The van der Waals surface area contributed by atoms with Crippen molar-refractivity contribution in [3.63, 3.8) is 0 Å². The molecule has 0 fully saturated rings. The second-order valence-electron chi connectivity index (χ2n) is 10.1. The zero-order valence-corrected chi connectivity index (χ0v) is 24.5. The van der Waals surface area contributed by atoms with Crippen LogP contribution in [0.1, 0.15) is 58.2 Å². The van der Waals surface area contributed by atoms with Gasteiger partial charge in [-0.05, 0) is 93.1 Å². The molecule has 4 rings (SSSR count). The Bertz CT molecular complexity index is 1500. The van der Waals surface area contributed by atoms with E-state index in [1.165, 1.54) is 0 Å². The number of hydrogen-bond acceptors (Lipinski definition) is 5. The van der Waals surface area contributed by atoms with Gasteiger partial charge in [0.1, 0.15) is 0 Å². The van der Waals surface area contributed by atoms with Gasteiger partial charge >= 0.3 is 0 Å². The van der Waals surface area contributed by atoms with E-state index in [0.29, 0.717) is 22.8 Å². The number of benzene rings is 2. The fourth-order valence-electron chi connectivity index (χ4n) is 5.18. The third-order valence-electron chi connectivity index (χ3n) is 7.11. The largest absolute Gasteiger partial charge is 0.373 e. The zero-order chi connectivity index (χ0) is 28.2. The van der Waals surface area contributed by atoms with E-state index in [4.69, 9.17) is 4.74 Å². The lowest BCUT2D eigenvalue weighted by Gasteiger charge is -2.40. The Morgan fingerprint density at radius 3 is 2.28 bits per heavy atom. The van der Waals surface area contributed by atoms with Gasteiger partial charge in [-0.25, -0.2) is 8.42 Å². The second-order valence-corrected chi connectivity index (χ2v) is 12.0. The molecule has 0 spiro atoms. The number of allylic oxidation sites excluding steroid dienone is 4. The first-order valence-electron chi connectivity index (χ1n) is 13.5. The Kier molecular flexibility index (Phi) is 8.88. The van der Waals surface area contributed by atoms with Crippen LogP contribution in [0.4, 0.5) is 0 Å². The predicted molar refractivity (Wildman–Crippen MR) is 159 cm³/mol. The molecule has 3 aromatic rings. The number of pyridine rings is 1. The number of nitrogens with zero attached hydrogens (tertiary/aromatic N) is 2. The monoisotopic (exact) mass is 542 g/mol. The topological polar surface area (TPSA) is 59.5 Å². The zero-order valence-electron chi connectivity index (χ0n) is 23.7. The van der Waals surface area contributed by atoms with Crippen LogP contribution in [0.5, 0.6) is 0 Å². The van der Waals surface area contributed by atoms with Crippen LogP contribution >= 0.6 is 0 Å². The summed E-state index contributed by atoms with van der Waals surface area (Å²) in [5, 5.41) is 0. The summed E-state index contributed by atoms with van der Waals surface area (Å²) in [5.74, 6) is 0. The molecule has 0 bridgehead atoms. The van der Waals surface area contributed by atoms with E-state index in [2.05, 4.69) is 28.9 Å². The third-order valence-corrected chi connectivity index (χ3v) is 9.07. The first-order chi connectivity index (χ1) is 18.7. The van der Waals surface area contributed by atoms with Crippen molar-refractivity contribution in [1.29, 1.82) is 0 Å². The van der Waals surface area contributed by atoms with Crippen molar-refractivity contribution in [1.82, 2.24) is 9.88 Å². The number of rotatable bonds is 9. The van der Waals surface area contributed by atoms with Crippen LogP contribution in [0, 0.1) is 6.92 Å². The van der Waals surface area contributed by atoms with Crippen LogP contribution in [-0.4, -0.2) is 31.0 Å². The highest BCUT2D eigenvalue weighted by Gasteiger charge is 2.35. The molecule has 39 heavy (non-hydrogen) atoms. The highest BCUT2D eigenvalue weighted by molar-refractivity contribution is 7.95. The molecular formula is C33H38N2O3S. The number of aryl methyl sites for hydroxylation is 1. The molecule has 1 aliphatic heterocycles. The lowest BCUT2D eigenvalue weighted by Crippen LogP contribution is -2.33. The van der Waals surface area contributed by atoms with E-state index in [0.717, 1.165) is 34.4 Å². The lowest BCUT2D eigenvalue weighted by atomic mass is 9.98. The molecule has 2 aromatic carbocycles. The summed E-state index contributed by atoms with van der Waals surface area (Å²) in [7, 11) is -3.82. The molecule has 0 amide bonds. The summed E-state index contributed by atoms with van der Waals surface area (Å²) >= 11 is 0. The van der Waals surface area contributed by atoms with Gasteiger partial charge < -0.3 is 9.64 Å². The van der Waals surface area contributed by atoms with Crippen molar-refractivity contribution in [2.75, 3.05) is 6.61 Å². The minimum Gasteiger partial charge on any atom is -0.373 e. The van der Waals surface area contributed by atoms with Gasteiger partial charge in [0.25, 0.3) is 0 Å². The maximum Gasteiger partial charge on any atom is 0.208 e. The first-order valence-corrected chi connectivity index (χ1v) is 15.0. The summed E-state index contributed by atoms with van der Waals surface area (Å²) in [4.78, 5) is 6.93. The standard InChI is InChI=1S/C33H38N2O3S/c1-7-26-20-29(22-38-23(3)4)35(32(8-2)28-12-10-9-11-13-28)25(6)33(26)39(36,37)30-16-14-27(15-17-30)31-18-19-34-21-24(31)5/h7,9-21,23,32H,8,22H2,1-6H3/b26-7-/t32-/m0/s1. The van der Waals surface area contributed by atoms with Gasteiger partial charge in [-0.2, -0.15) is 0 Å². The van der Waals surface area contributed by atoms with Gasteiger partial charge in [-0.1, -0.05) is 55.5 Å². The molecule has 0 saturated carbocycles. The third kappa shape index (κ3) is 5.92. The van der Waals surface area contributed by atoms with Gasteiger partial charge in [0.2, 0.25) is 9.84 Å². The summed E-state index contributed by atoms with van der Waals surface area (Å²) in [5.41, 5.74) is 6.51. The van der Waals surface area contributed by atoms with Crippen LogP contribution in [0.3, 0.4) is 0 Å². The van der Waals surface area contributed by atoms with Crippen LogP contribution in [0.15, 0.2) is 112 Å². The minimum absolute atomic E-state index is 0.0335. The van der Waals surface area contributed by atoms with E-state index in [9.17, 15) is 8.42 Å². The Hall–Kier alpha value is -3.48. The van der Waals surface area contributed by atoms with E-state index >= 15 is 0 Å². The van der Waals surface area contributed by atoms with Crippen LogP contribution < -0.4 is 0 Å². The highest BCUT2D eigenvalue weighted by Crippen LogP contribution is 2.42. The molecule has 204 valence electrons. The lowest BCUT2D eigenvalue weighted by molar-refractivity contribution is 0.0798. The van der Waals surface area contributed by atoms with E-state index in [-0.39, 0.29) is 17.0 Å². The maximum absolute atomic E-state index is 14.3. The number of aromatic nitrogens is 1. The summed E-state index contributed by atoms with van der Waals surface area (Å²) in [6.45, 7) is 12.3. The van der Waals surface area contributed by atoms with Gasteiger partial charge in [-0.3, -0.25) is 4.98 Å². The molecule has 0 N–H and O–H groups in total. The summed E-state index contributed by atoms with van der Waals surface area (Å²) in [6.07, 6.45) is 8.27. The van der Waals surface area contributed by atoms with Crippen molar-refractivity contribution in [3.05, 3.63) is 118 Å². The Labute approximate surface area is 233 Å². The predicted octanol–water partition coefficient (Wildman–Crippen LogP) is 7.78. The molecule has 0 radical (unpaired) electrons. The minimum atomic E-state index is -3.82. The fraction of sp³-hybridized carbons (Fsp3) is 0.303. The molecule has 6 heteroatoms. The van der Waals surface area contributed by atoms with Gasteiger partial charge in [0.15, 0.2) is 0 Å². The van der Waals surface area contributed by atoms with Gasteiger partial charge in [0, 0.05) is 23.8 Å². The quantitative estimate of drug-likeness (QED) is 0.276. The van der Waals surface area contributed by atoms with Crippen LogP contribution in [0.2, 0.25) is 0 Å². The molecule has 0 unspecified atom stereocenters. The van der Waals surface area contributed by atoms with Crippen LogP contribution in [-0.2, 0) is 14.6 Å². The van der Waals surface area contributed by atoms with E-state index < -0.39 is 9.84 Å². The average molecular weight is 543 g/mol. The molecule has 2 heterocycles. The van der Waals surface area contributed by atoms with E-state index in [1.807, 2.05) is 89.4 Å². The van der Waals surface area contributed by atoms with Crippen molar-refractivity contribution in [2.24, 2.45) is 0 Å². The summed E-state index contributed by atoms with van der Waals surface area (Å²) in [6, 6.07) is 19.3. The van der Waals surface area contributed by atoms with Crippen molar-refractivity contribution in [3.8, 4) is 11.1 Å². The fourth-order valence-corrected chi connectivity index (χ4v) is 6.89. The smallest absolute Gasteiger partial charge is 0.208 e. The van der Waals surface area contributed by atoms with Gasteiger partial charge in [0.05, 0.1) is 28.6 Å². The molecule has 1 aliphatic rings. The number of sulfone groups is 1. The van der Waals surface area contributed by atoms with Crippen LogP contribution in [0.25, 0.3) is 11.1 Å². The SMILES string of the molecule is C/C=C1/C=C(COC(C)C)N([C@@H](CC)c2ccccc2)C(C)=C1S(=O)(=O)c1ccc(-c2ccncc2C)cc1. The Morgan fingerprint density at radius 1 is 1.00 bits per heavy atom. The van der Waals surface area contributed by atoms with E-state index in [1.54, 1.807) is 18.3 Å². The molecule has 0 saturated heterocycles. The summed E-state index contributed by atoms with van der Waals surface area (Å²) < 4.78 is 34.5. The maximum atomic E-state index is 14.3. The molecule has 1 aromatic heterocycles. The average Bonchev–Trinajstić information content (AvgIpc) is 2.93.